The molecule has 1 aromatic carbocycles. The predicted molar refractivity (Wildman–Crippen MR) is 85.9 cm³/mol. The van der Waals surface area contributed by atoms with E-state index in [1.807, 2.05) is 7.05 Å². The van der Waals surface area contributed by atoms with Crippen LogP contribution in [0.2, 0.25) is 0 Å². The van der Waals surface area contributed by atoms with Gasteiger partial charge in [0, 0.05) is 18.8 Å². The molecule has 3 unspecified atom stereocenters. The van der Waals surface area contributed by atoms with Gasteiger partial charge in [0.05, 0.1) is 5.52 Å². The van der Waals surface area contributed by atoms with Gasteiger partial charge in [-0.2, -0.15) is 0 Å². The summed E-state index contributed by atoms with van der Waals surface area (Å²) in [4.78, 5) is 0. The van der Waals surface area contributed by atoms with Crippen LogP contribution in [0.1, 0.15) is 44.7 Å². The fourth-order valence-electron chi connectivity index (χ4n) is 3.70. The molecule has 0 spiro atoms. The molecular weight excluding hydrogens is 244 g/mol. The van der Waals surface area contributed by atoms with E-state index in [9.17, 15) is 0 Å². The van der Waals surface area contributed by atoms with Crippen LogP contribution < -0.4 is 5.32 Å². The van der Waals surface area contributed by atoms with E-state index in [1.165, 1.54) is 35.7 Å². The van der Waals surface area contributed by atoms with Crippen LogP contribution in [-0.4, -0.2) is 11.6 Å². The van der Waals surface area contributed by atoms with Gasteiger partial charge in [-0.25, -0.2) is 0 Å². The summed E-state index contributed by atoms with van der Waals surface area (Å²) in [6.07, 6.45) is 6.30. The lowest BCUT2D eigenvalue weighted by Crippen LogP contribution is -2.23. The summed E-state index contributed by atoms with van der Waals surface area (Å²) in [5.74, 6) is 1.72. The van der Waals surface area contributed by atoms with E-state index in [-0.39, 0.29) is 0 Å². The van der Waals surface area contributed by atoms with Crippen molar-refractivity contribution in [1.82, 2.24) is 9.88 Å². The summed E-state index contributed by atoms with van der Waals surface area (Å²) in [6.45, 7) is 5.76. The first-order valence-corrected chi connectivity index (χ1v) is 7.93. The van der Waals surface area contributed by atoms with Crippen LogP contribution in [0.15, 0.2) is 30.5 Å². The highest BCUT2D eigenvalue weighted by Gasteiger charge is 2.26. The van der Waals surface area contributed by atoms with Crippen molar-refractivity contribution < 1.29 is 0 Å². The summed E-state index contributed by atoms with van der Waals surface area (Å²) in [5, 5.41) is 4.68. The average molecular weight is 270 g/mol. The Labute approximate surface area is 122 Å². The Hall–Kier alpha value is -1.28. The monoisotopic (exact) mass is 270 g/mol. The summed E-state index contributed by atoms with van der Waals surface area (Å²) in [6, 6.07) is 9.61. The standard InChI is InChI=1S/C18H26N2/c1-13-7-8-17(11-14(13)2)20-10-9-15-5-4-6-16(12-19-3)18(15)20/h4-6,9-10,13-14,17,19H,7-8,11-12H2,1-3H3. The lowest BCUT2D eigenvalue weighted by molar-refractivity contribution is 0.213. The molecule has 3 atom stereocenters. The van der Waals surface area contributed by atoms with E-state index in [0.717, 1.165) is 18.4 Å². The van der Waals surface area contributed by atoms with Crippen molar-refractivity contribution in [2.24, 2.45) is 11.8 Å². The third-order valence-electron chi connectivity index (χ3n) is 5.15. The zero-order chi connectivity index (χ0) is 14.1. The van der Waals surface area contributed by atoms with E-state index in [1.54, 1.807) is 0 Å². The van der Waals surface area contributed by atoms with Gasteiger partial charge in [-0.1, -0.05) is 32.0 Å². The van der Waals surface area contributed by atoms with Crippen LogP contribution >= 0.6 is 0 Å². The molecule has 2 nitrogen and oxygen atoms in total. The molecule has 1 heterocycles. The molecule has 1 N–H and O–H groups in total. The van der Waals surface area contributed by atoms with E-state index in [2.05, 4.69) is 54.2 Å². The first kappa shape index (κ1) is 13.7. The quantitative estimate of drug-likeness (QED) is 0.877. The highest BCUT2D eigenvalue weighted by molar-refractivity contribution is 5.83. The molecule has 0 radical (unpaired) electrons. The molecular formula is C18H26N2. The molecule has 0 saturated heterocycles. The largest absolute Gasteiger partial charge is 0.344 e. The van der Waals surface area contributed by atoms with Gasteiger partial charge < -0.3 is 9.88 Å². The second-order valence-corrected chi connectivity index (χ2v) is 6.53. The molecule has 1 aliphatic rings. The third kappa shape index (κ3) is 2.37. The van der Waals surface area contributed by atoms with Crippen LogP contribution in [0.5, 0.6) is 0 Å². The first-order chi connectivity index (χ1) is 9.70. The van der Waals surface area contributed by atoms with Gasteiger partial charge in [-0.3, -0.25) is 0 Å². The molecule has 1 fully saturated rings. The van der Waals surface area contributed by atoms with Crippen molar-refractivity contribution in [3.05, 3.63) is 36.0 Å². The highest BCUT2D eigenvalue weighted by atomic mass is 15.0. The van der Waals surface area contributed by atoms with E-state index in [4.69, 9.17) is 0 Å². The van der Waals surface area contributed by atoms with Crippen molar-refractivity contribution >= 4 is 10.9 Å². The fraction of sp³-hybridized carbons (Fsp3) is 0.556. The first-order valence-electron chi connectivity index (χ1n) is 7.93. The number of nitrogens with zero attached hydrogens (tertiary/aromatic N) is 1. The molecule has 0 amide bonds. The average Bonchev–Trinajstić information content (AvgIpc) is 2.87. The molecule has 1 aliphatic carbocycles. The summed E-state index contributed by atoms with van der Waals surface area (Å²) >= 11 is 0. The van der Waals surface area contributed by atoms with Crippen molar-refractivity contribution in [3.63, 3.8) is 0 Å². The van der Waals surface area contributed by atoms with Crippen LogP contribution in [0.3, 0.4) is 0 Å². The van der Waals surface area contributed by atoms with Crippen LogP contribution in [0, 0.1) is 11.8 Å². The fourth-order valence-corrected chi connectivity index (χ4v) is 3.70. The molecule has 2 heteroatoms. The van der Waals surface area contributed by atoms with Crippen LogP contribution in [0.25, 0.3) is 10.9 Å². The molecule has 3 rings (SSSR count). The number of rotatable bonds is 3. The Bertz CT molecular complexity index is 584. The Balaban J connectivity index is 1.99. The van der Waals surface area contributed by atoms with Crippen LogP contribution in [-0.2, 0) is 6.54 Å². The van der Waals surface area contributed by atoms with Crippen molar-refractivity contribution in [2.45, 2.75) is 45.7 Å². The lowest BCUT2D eigenvalue weighted by atomic mass is 9.79. The molecule has 0 bridgehead atoms. The molecule has 20 heavy (non-hydrogen) atoms. The Kier molecular flexibility index (Phi) is 3.84. The van der Waals surface area contributed by atoms with Gasteiger partial charge in [0.15, 0.2) is 0 Å². The van der Waals surface area contributed by atoms with Gasteiger partial charge in [0.2, 0.25) is 0 Å². The SMILES string of the molecule is CNCc1cccc2ccn(C3CCC(C)C(C)C3)c12. The smallest absolute Gasteiger partial charge is 0.0528 e. The summed E-state index contributed by atoms with van der Waals surface area (Å²) < 4.78 is 2.55. The van der Waals surface area contributed by atoms with Gasteiger partial charge in [0.25, 0.3) is 0 Å². The number of hydrogen-bond donors (Lipinski definition) is 1. The maximum absolute atomic E-state index is 3.30. The molecule has 108 valence electrons. The van der Waals surface area contributed by atoms with Gasteiger partial charge >= 0.3 is 0 Å². The van der Waals surface area contributed by atoms with Gasteiger partial charge in [-0.15, -0.1) is 0 Å². The van der Waals surface area contributed by atoms with Crippen molar-refractivity contribution in [1.29, 1.82) is 0 Å². The molecule has 0 aliphatic heterocycles. The third-order valence-corrected chi connectivity index (χ3v) is 5.15. The van der Waals surface area contributed by atoms with E-state index in [0.29, 0.717) is 6.04 Å². The summed E-state index contributed by atoms with van der Waals surface area (Å²) in [7, 11) is 2.02. The highest BCUT2D eigenvalue weighted by Crippen LogP contribution is 2.38. The van der Waals surface area contributed by atoms with E-state index < -0.39 is 0 Å². The number of aromatic nitrogens is 1. The molecule has 1 aromatic heterocycles. The maximum Gasteiger partial charge on any atom is 0.0528 e. The molecule has 1 saturated carbocycles. The van der Waals surface area contributed by atoms with Gasteiger partial charge in [0.1, 0.15) is 0 Å². The maximum atomic E-state index is 3.30. The summed E-state index contributed by atoms with van der Waals surface area (Å²) in [5.41, 5.74) is 2.86. The Morgan fingerprint density at radius 1 is 1.15 bits per heavy atom. The Morgan fingerprint density at radius 3 is 2.75 bits per heavy atom. The number of benzene rings is 1. The second kappa shape index (κ2) is 5.61. The predicted octanol–water partition coefficient (Wildman–Crippen LogP) is 4.36. The van der Waals surface area contributed by atoms with E-state index >= 15 is 0 Å². The normalized spacial score (nSPS) is 27.1. The van der Waals surface area contributed by atoms with Gasteiger partial charge in [-0.05, 0) is 55.2 Å². The van der Waals surface area contributed by atoms with Crippen LogP contribution in [0.4, 0.5) is 0 Å². The topological polar surface area (TPSA) is 17.0 Å². The Morgan fingerprint density at radius 2 is 2.00 bits per heavy atom. The zero-order valence-electron chi connectivity index (χ0n) is 12.9. The number of hydrogen-bond acceptors (Lipinski definition) is 1. The zero-order valence-corrected chi connectivity index (χ0v) is 12.9. The number of para-hydroxylation sites is 1. The number of fused-ring (bicyclic) bond motifs is 1. The van der Waals surface area contributed by atoms with Crippen molar-refractivity contribution in [3.8, 4) is 0 Å². The number of nitrogens with one attached hydrogen (secondary N) is 1. The van der Waals surface area contributed by atoms with Crippen molar-refractivity contribution in [2.75, 3.05) is 7.05 Å². The lowest BCUT2D eigenvalue weighted by Gasteiger charge is -2.33. The second-order valence-electron chi connectivity index (χ2n) is 6.53. The molecule has 2 aromatic rings. The minimum atomic E-state index is 0.678. The minimum Gasteiger partial charge on any atom is -0.344 e. The minimum absolute atomic E-state index is 0.678.